The summed E-state index contributed by atoms with van der Waals surface area (Å²) in [5.41, 5.74) is 2.13. The van der Waals surface area contributed by atoms with Crippen molar-refractivity contribution < 1.29 is 5.11 Å². The van der Waals surface area contributed by atoms with Gasteiger partial charge in [0.1, 0.15) is 0 Å². The zero-order valence-corrected chi connectivity index (χ0v) is 10.6. The van der Waals surface area contributed by atoms with Crippen LogP contribution < -0.4 is 0 Å². The molecule has 3 nitrogen and oxygen atoms in total. The molecule has 0 fully saturated rings. The monoisotopic (exact) mass is 240 g/mol. The second-order valence-corrected chi connectivity index (χ2v) is 3.69. The van der Waals surface area contributed by atoms with Crippen molar-refractivity contribution in [2.24, 2.45) is 0 Å². The molecule has 4 heteroatoms. The highest BCUT2D eigenvalue weighted by molar-refractivity contribution is 6.31. The number of nitrogens with zero attached hydrogens (tertiary/aromatic N) is 2. The van der Waals surface area contributed by atoms with Crippen molar-refractivity contribution in [3.8, 4) is 0 Å². The van der Waals surface area contributed by atoms with Gasteiger partial charge in [-0.1, -0.05) is 25.4 Å². The van der Waals surface area contributed by atoms with E-state index in [0.29, 0.717) is 6.54 Å². The molecule has 1 heterocycles. The van der Waals surface area contributed by atoms with Crippen molar-refractivity contribution in [1.29, 1.82) is 0 Å². The van der Waals surface area contributed by atoms with Gasteiger partial charge in [-0.15, -0.1) is 0 Å². The van der Waals surface area contributed by atoms with Gasteiger partial charge in [-0.05, 0) is 24.6 Å². The number of fused-ring (bicyclic) bond motifs is 1. The highest BCUT2D eigenvalue weighted by Crippen LogP contribution is 2.23. The van der Waals surface area contributed by atoms with Gasteiger partial charge in [-0.3, -0.25) is 4.68 Å². The van der Waals surface area contributed by atoms with Crippen LogP contribution in [0.5, 0.6) is 0 Å². The Morgan fingerprint density at radius 1 is 1.38 bits per heavy atom. The molecule has 0 aliphatic rings. The van der Waals surface area contributed by atoms with Crippen LogP contribution in [0.2, 0.25) is 5.02 Å². The Balaban J connectivity index is 0.000000606. The first kappa shape index (κ1) is 13.0. The molecule has 0 spiro atoms. The molecule has 16 heavy (non-hydrogen) atoms. The van der Waals surface area contributed by atoms with Crippen LogP contribution in [-0.2, 0) is 6.54 Å². The summed E-state index contributed by atoms with van der Waals surface area (Å²) in [7, 11) is 0. The number of hydrogen-bond donors (Lipinski definition) is 1. The summed E-state index contributed by atoms with van der Waals surface area (Å²) in [6.07, 6.45) is 1.77. The summed E-state index contributed by atoms with van der Waals surface area (Å²) in [5, 5.41) is 14.8. The fourth-order valence-electron chi connectivity index (χ4n) is 1.67. The summed E-state index contributed by atoms with van der Waals surface area (Å²) in [5.74, 6) is 0. The van der Waals surface area contributed by atoms with Crippen LogP contribution in [0.15, 0.2) is 18.3 Å². The van der Waals surface area contributed by atoms with Crippen LogP contribution in [0.3, 0.4) is 0 Å². The average molecular weight is 241 g/mol. The maximum Gasteiger partial charge on any atom is 0.0713 e. The normalized spacial score (nSPS) is 10.1. The first-order valence-corrected chi connectivity index (χ1v) is 5.82. The first-order chi connectivity index (χ1) is 7.72. The molecule has 0 saturated carbocycles. The highest BCUT2D eigenvalue weighted by Gasteiger charge is 2.05. The van der Waals surface area contributed by atoms with E-state index in [1.807, 2.05) is 32.9 Å². The van der Waals surface area contributed by atoms with E-state index in [4.69, 9.17) is 16.7 Å². The lowest BCUT2D eigenvalue weighted by Gasteiger charge is -2.03. The lowest BCUT2D eigenvalue weighted by Crippen LogP contribution is -2.04. The molecular formula is C12H17ClN2O. The van der Waals surface area contributed by atoms with Crippen molar-refractivity contribution in [2.45, 2.75) is 27.3 Å². The van der Waals surface area contributed by atoms with Gasteiger partial charge in [0.25, 0.3) is 0 Å². The van der Waals surface area contributed by atoms with Crippen LogP contribution in [-0.4, -0.2) is 21.5 Å². The SMILES string of the molecule is CC.Cc1cc(Cl)cc2cnn(CCO)c12. The molecule has 0 bridgehead atoms. The zero-order chi connectivity index (χ0) is 12.1. The Kier molecular flexibility index (Phi) is 4.77. The highest BCUT2D eigenvalue weighted by atomic mass is 35.5. The van der Waals surface area contributed by atoms with Gasteiger partial charge in [-0.25, -0.2) is 0 Å². The number of aromatic nitrogens is 2. The Labute approximate surface area is 101 Å². The summed E-state index contributed by atoms with van der Waals surface area (Å²) in [6.45, 7) is 6.61. The van der Waals surface area contributed by atoms with Crippen molar-refractivity contribution >= 4 is 22.5 Å². The molecule has 1 aromatic carbocycles. The fourth-order valence-corrected chi connectivity index (χ4v) is 1.95. The molecule has 0 unspecified atom stereocenters. The fraction of sp³-hybridized carbons (Fsp3) is 0.417. The second kappa shape index (κ2) is 5.87. The molecule has 1 N–H and O–H groups in total. The van der Waals surface area contributed by atoms with Crippen LogP contribution >= 0.6 is 11.6 Å². The average Bonchev–Trinajstić information content (AvgIpc) is 2.65. The molecule has 0 aliphatic heterocycles. The number of aliphatic hydroxyl groups excluding tert-OH is 1. The number of halogens is 1. The van der Waals surface area contributed by atoms with E-state index in [1.165, 1.54) is 0 Å². The maximum atomic E-state index is 8.86. The number of hydrogen-bond acceptors (Lipinski definition) is 2. The van der Waals surface area contributed by atoms with Crippen molar-refractivity contribution in [3.05, 3.63) is 28.9 Å². The quantitative estimate of drug-likeness (QED) is 0.876. The predicted octanol–water partition coefficient (Wildman–Crippen LogP) is 3.02. The smallest absolute Gasteiger partial charge is 0.0713 e. The van der Waals surface area contributed by atoms with Gasteiger partial charge in [0.05, 0.1) is 24.9 Å². The minimum absolute atomic E-state index is 0.0961. The van der Waals surface area contributed by atoms with E-state index in [0.717, 1.165) is 21.5 Å². The summed E-state index contributed by atoms with van der Waals surface area (Å²) in [4.78, 5) is 0. The van der Waals surface area contributed by atoms with Crippen molar-refractivity contribution in [3.63, 3.8) is 0 Å². The van der Waals surface area contributed by atoms with Crippen molar-refractivity contribution in [1.82, 2.24) is 9.78 Å². The Hall–Kier alpha value is -1.06. The largest absolute Gasteiger partial charge is 0.394 e. The summed E-state index contributed by atoms with van der Waals surface area (Å²) in [6, 6.07) is 3.78. The molecule has 0 amide bonds. The standard InChI is InChI=1S/C10H11ClN2O.C2H6/c1-7-4-9(11)5-8-6-12-13(2-3-14)10(7)8;1-2/h4-6,14H,2-3H2,1H3;1-2H3. The molecule has 2 rings (SSSR count). The van der Waals surface area contributed by atoms with Crippen LogP contribution in [0.1, 0.15) is 19.4 Å². The predicted molar refractivity (Wildman–Crippen MR) is 67.9 cm³/mol. The summed E-state index contributed by atoms with van der Waals surface area (Å²) < 4.78 is 1.79. The van der Waals surface area contributed by atoms with Gasteiger partial charge in [0, 0.05) is 10.4 Å². The maximum absolute atomic E-state index is 8.86. The van der Waals surface area contributed by atoms with Crippen molar-refractivity contribution in [2.75, 3.05) is 6.61 Å². The van der Waals surface area contributed by atoms with E-state index >= 15 is 0 Å². The zero-order valence-electron chi connectivity index (χ0n) is 9.87. The van der Waals surface area contributed by atoms with Gasteiger partial charge >= 0.3 is 0 Å². The number of benzene rings is 1. The van der Waals surface area contributed by atoms with E-state index in [1.54, 1.807) is 10.9 Å². The van der Waals surface area contributed by atoms with E-state index in [2.05, 4.69) is 5.10 Å². The van der Waals surface area contributed by atoms with Crippen LogP contribution in [0.4, 0.5) is 0 Å². The van der Waals surface area contributed by atoms with E-state index in [9.17, 15) is 0 Å². The topological polar surface area (TPSA) is 38.0 Å². The lowest BCUT2D eigenvalue weighted by molar-refractivity contribution is 0.271. The third-order valence-electron chi connectivity index (χ3n) is 2.20. The Morgan fingerprint density at radius 3 is 2.69 bits per heavy atom. The van der Waals surface area contributed by atoms with Crippen LogP contribution in [0.25, 0.3) is 10.9 Å². The molecular weight excluding hydrogens is 224 g/mol. The summed E-state index contributed by atoms with van der Waals surface area (Å²) >= 11 is 5.92. The molecule has 0 aliphatic carbocycles. The number of rotatable bonds is 2. The number of aryl methyl sites for hydroxylation is 1. The van der Waals surface area contributed by atoms with Gasteiger partial charge < -0.3 is 5.11 Å². The minimum atomic E-state index is 0.0961. The second-order valence-electron chi connectivity index (χ2n) is 3.25. The Bertz CT molecular complexity index is 465. The Morgan fingerprint density at radius 2 is 2.06 bits per heavy atom. The first-order valence-electron chi connectivity index (χ1n) is 5.45. The molecule has 1 aromatic heterocycles. The molecule has 0 atom stereocenters. The third kappa shape index (κ3) is 2.54. The van der Waals surface area contributed by atoms with E-state index < -0.39 is 0 Å². The van der Waals surface area contributed by atoms with Gasteiger partial charge in [-0.2, -0.15) is 5.10 Å². The minimum Gasteiger partial charge on any atom is -0.394 e. The van der Waals surface area contributed by atoms with Gasteiger partial charge in [0.15, 0.2) is 0 Å². The van der Waals surface area contributed by atoms with Crippen LogP contribution in [0, 0.1) is 6.92 Å². The molecule has 88 valence electrons. The number of aliphatic hydroxyl groups is 1. The third-order valence-corrected chi connectivity index (χ3v) is 2.42. The molecule has 0 radical (unpaired) electrons. The molecule has 2 aromatic rings. The van der Waals surface area contributed by atoms with E-state index in [-0.39, 0.29) is 6.61 Å². The van der Waals surface area contributed by atoms with Gasteiger partial charge in [0.2, 0.25) is 0 Å². The molecule has 0 saturated heterocycles. The lowest BCUT2D eigenvalue weighted by atomic mass is 10.2.